The maximum absolute atomic E-state index is 11.7. The minimum atomic E-state index is -0.456. The number of anilines is 3. The van der Waals surface area contributed by atoms with Gasteiger partial charge < -0.3 is 15.8 Å². The highest BCUT2D eigenvalue weighted by Crippen LogP contribution is 2.18. The zero-order valence-electron chi connectivity index (χ0n) is 10.7. The molecule has 0 aliphatic heterocycles. The first-order valence-corrected chi connectivity index (χ1v) is 5.88. The maximum Gasteiger partial charge on any atom is 0.339 e. The molecular weight excluding hydrogens is 254 g/mol. The molecule has 0 aliphatic carbocycles. The molecule has 5 nitrogen and oxygen atoms in total. The van der Waals surface area contributed by atoms with Crippen LogP contribution in [0.15, 0.2) is 42.6 Å². The number of nitrogens with zero attached hydrogens (tertiary/aromatic N) is 1. The number of nitrogen functional groups attached to an aromatic ring is 1. The zero-order valence-corrected chi connectivity index (χ0v) is 10.7. The molecule has 0 radical (unpaired) electrons. The Bertz CT molecular complexity index is 645. The van der Waals surface area contributed by atoms with Gasteiger partial charge in [0.25, 0.3) is 0 Å². The minimum absolute atomic E-state index is 0.0433. The molecule has 20 heavy (non-hydrogen) atoms. The molecular formula is C15H13N3O2. The van der Waals surface area contributed by atoms with Crippen LogP contribution in [-0.2, 0) is 4.74 Å². The van der Waals surface area contributed by atoms with Gasteiger partial charge in [-0.1, -0.05) is 12.0 Å². The number of aromatic nitrogens is 1. The van der Waals surface area contributed by atoms with Gasteiger partial charge >= 0.3 is 5.97 Å². The molecule has 100 valence electrons. The number of pyridine rings is 1. The normalized spacial score (nSPS) is 9.55. The summed E-state index contributed by atoms with van der Waals surface area (Å²) in [6.07, 6.45) is 6.65. The van der Waals surface area contributed by atoms with Crippen LogP contribution in [0, 0.1) is 12.3 Å². The lowest BCUT2D eigenvalue weighted by molar-refractivity contribution is 0.0557. The molecule has 1 heterocycles. The molecule has 1 aromatic heterocycles. The van der Waals surface area contributed by atoms with Gasteiger partial charge in [-0.3, -0.25) is 0 Å². The average Bonchev–Trinajstić information content (AvgIpc) is 2.47. The molecule has 2 aromatic rings. The Morgan fingerprint density at radius 1 is 1.35 bits per heavy atom. The van der Waals surface area contributed by atoms with Crippen LogP contribution in [0.5, 0.6) is 0 Å². The van der Waals surface area contributed by atoms with Crippen molar-refractivity contribution >= 4 is 23.2 Å². The van der Waals surface area contributed by atoms with Crippen LogP contribution in [0.25, 0.3) is 0 Å². The lowest BCUT2D eigenvalue weighted by Crippen LogP contribution is -2.05. The number of benzene rings is 1. The van der Waals surface area contributed by atoms with Crippen LogP contribution in [0.1, 0.15) is 10.4 Å². The van der Waals surface area contributed by atoms with E-state index in [1.807, 2.05) is 6.07 Å². The lowest BCUT2D eigenvalue weighted by Gasteiger charge is -2.08. The van der Waals surface area contributed by atoms with Crippen LogP contribution in [0.2, 0.25) is 0 Å². The molecule has 5 heteroatoms. The van der Waals surface area contributed by atoms with Crippen LogP contribution < -0.4 is 11.1 Å². The first kappa shape index (κ1) is 13.4. The van der Waals surface area contributed by atoms with Crippen molar-refractivity contribution in [3.05, 3.63) is 48.2 Å². The Kier molecular flexibility index (Phi) is 4.20. The van der Waals surface area contributed by atoms with Crippen LogP contribution in [0.4, 0.5) is 17.2 Å². The summed E-state index contributed by atoms with van der Waals surface area (Å²) in [5.41, 5.74) is 7.45. The highest BCUT2D eigenvalue weighted by molar-refractivity contribution is 5.90. The Balaban J connectivity index is 2.11. The molecule has 0 atom stereocenters. The number of ether oxygens (including phenoxy) is 1. The molecule has 0 aliphatic rings. The Hall–Kier alpha value is -3.00. The Labute approximate surface area is 116 Å². The summed E-state index contributed by atoms with van der Waals surface area (Å²) < 4.78 is 4.87. The van der Waals surface area contributed by atoms with Gasteiger partial charge in [0.1, 0.15) is 5.82 Å². The maximum atomic E-state index is 11.7. The van der Waals surface area contributed by atoms with Crippen molar-refractivity contribution in [2.24, 2.45) is 0 Å². The molecule has 1 aromatic carbocycles. The molecule has 0 fully saturated rings. The van der Waals surface area contributed by atoms with Crippen molar-refractivity contribution < 1.29 is 9.53 Å². The third kappa shape index (κ3) is 3.50. The summed E-state index contributed by atoms with van der Waals surface area (Å²) in [7, 11) is 0. The van der Waals surface area contributed by atoms with Crippen LogP contribution in [0.3, 0.4) is 0 Å². The van der Waals surface area contributed by atoms with Gasteiger partial charge in [-0.05, 0) is 30.3 Å². The quantitative estimate of drug-likeness (QED) is 0.656. The summed E-state index contributed by atoms with van der Waals surface area (Å²) >= 11 is 0. The number of nitrogens with two attached hydrogens (primary N) is 1. The fourth-order valence-corrected chi connectivity index (χ4v) is 1.56. The van der Waals surface area contributed by atoms with E-state index in [2.05, 4.69) is 16.2 Å². The van der Waals surface area contributed by atoms with E-state index in [0.717, 1.165) is 11.4 Å². The van der Waals surface area contributed by atoms with Crippen molar-refractivity contribution in [3.8, 4) is 12.3 Å². The zero-order chi connectivity index (χ0) is 14.4. The SMILES string of the molecule is C#CCOC(=O)c1cccc(Nc2ccc(N)nc2)c1. The van der Waals surface area contributed by atoms with Gasteiger partial charge in [-0.25, -0.2) is 9.78 Å². The summed E-state index contributed by atoms with van der Waals surface area (Å²) in [6.45, 7) is -0.0433. The van der Waals surface area contributed by atoms with Crippen LogP contribution >= 0.6 is 0 Å². The van der Waals surface area contributed by atoms with Gasteiger partial charge in [0.15, 0.2) is 6.61 Å². The summed E-state index contributed by atoms with van der Waals surface area (Å²) in [5.74, 6) is 2.24. The number of carbonyl (C=O) groups is 1. The highest BCUT2D eigenvalue weighted by Gasteiger charge is 2.07. The average molecular weight is 267 g/mol. The van der Waals surface area contributed by atoms with Gasteiger partial charge in [0.05, 0.1) is 17.4 Å². The fourth-order valence-electron chi connectivity index (χ4n) is 1.56. The molecule has 0 amide bonds. The standard InChI is InChI=1S/C15H13N3O2/c1-2-8-20-15(19)11-4-3-5-12(9-11)18-13-6-7-14(16)17-10-13/h1,3-7,9-10,18H,8H2,(H2,16,17). The monoisotopic (exact) mass is 267 g/mol. The molecule has 0 spiro atoms. The highest BCUT2D eigenvalue weighted by atomic mass is 16.5. The topological polar surface area (TPSA) is 77.2 Å². The van der Waals surface area contributed by atoms with Crippen molar-refractivity contribution in [1.29, 1.82) is 0 Å². The van der Waals surface area contributed by atoms with E-state index in [4.69, 9.17) is 16.9 Å². The Morgan fingerprint density at radius 2 is 2.20 bits per heavy atom. The van der Waals surface area contributed by atoms with Gasteiger partial charge in [0.2, 0.25) is 0 Å². The minimum Gasteiger partial charge on any atom is -0.449 e. The largest absolute Gasteiger partial charge is 0.449 e. The summed E-state index contributed by atoms with van der Waals surface area (Å²) in [6, 6.07) is 10.4. The number of carbonyl (C=O) groups excluding carboxylic acids is 1. The third-order valence-electron chi connectivity index (χ3n) is 2.46. The second-order valence-corrected chi connectivity index (χ2v) is 3.96. The molecule has 0 bridgehead atoms. The smallest absolute Gasteiger partial charge is 0.339 e. The molecule has 3 N–H and O–H groups in total. The predicted octanol–water partition coefficient (Wildman–Crippen LogP) is 2.20. The van der Waals surface area contributed by atoms with Gasteiger partial charge in [-0.15, -0.1) is 6.42 Å². The molecule has 0 unspecified atom stereocenters. The number of esters is 1. The van der Waals surface area contributed by atoms with Crippen molar-refractivity contribution in [2.45, 2.75) is 0 Å². The number of rotatable bonds is 4. The third-order valence-corrected chi connectivity index (χ3v) is 2.46. The summed E-state index contributed by atoms with van der Waals surface area (Å²) in [5, 5.41) is 3.12. The number of hydrogen-bond acceptors (Lipinski definition) is 5. The van der Waals surface area contributed by atoms with E-state index in [9.17, 15) is 4.79 Å². The number of hydrogen-bond donors (Lipinski definition) is 2. The molecule has 0 saturated heterocycles. The number of terminal acetylenes is 1. The van der Waals surface area contributed by atoms with Gasteiger partial charge in [-0.2, -0.15) is 0 Å². The van der Waals surface area contributed by atoms with E-state index in [0.29, 0.717) is 11.4 Å². The van der Waals surface area contributed by atoms with E-state index in [1.165, 1.54) is 0 Å². The second-order valence-electron chi connectivity index (χ2n) is 3.96. The van der Waals surface area contributed by atoms with Crippen LogP contribution in [-0.4, -0.2) is 17.6 Å². The first-order valence-electron chi connectivity index (χ1n) is 5.88. The van der Waals surface area contributed by atoms with E-state index in [-0.39, 0.29) is 6.61 Å². The van der Waals surface area contributed by atoms with Crippen molar-refractivity contribution in [2.75, 3.05) is 17.7 Å². The van der Waals surface area contributed by atoms with Crippen molar-refractivity contribution in [3.63, 3.8) is 0 Å². The molecule has 0 saturated carbocycles. The van der Waals surface area contributed by atoms with E-state index < -0.39 is 5.97 Å². The predicted molar refractivity (Wildman–Crippen MR) is 77.5 cm³/mol. The second kappa shape index (κ2) is 6.25. The van der Waals surface area contributed by atoms with E-state index >= 15 is 0 Å². The van der Waals surface area contributed by atoms with Crippen molar-refractivity contribution in [1.82, 2.24) is 4.98 Å². The summed E-state index contributed by atoms with van der Waals surface area (Å²) in [4.78, 5) is 15.7. The number of nitrogens with one attached hydrogen (secondary N) is 1. The lowest BCUT2D eigenvalue weighted by atomic mass is 10.2. The fraction of sp³-hybridized carbons (Fsp3) is 0.0667. The molecule has 2 rings (SSSR count). The van der Waals surface area contributed by atoms with Gasteiger partial charge in [0, 0.05) is 5.69 Å². The first-order chi connectivity index (χ1) is 9.69. The Morgan fingerprint density at radius 3 is 2.90 bits per heavy atom. The van der Waals surface area contributed by atoms with E-state index in [1.54, 1.807) is 36.5 Å².